The number of Topliss-reactive ketones (excluding diaryl/α,β-unsaturated/α-hetero) is 3. The third kappa shape index (κ3) is 4.63. The maximum absolute atomic E-state index is 11.9. The average molecular weight is 369 g/mol. The number of benzene rings is 1. The van der Waals surface area contributed by atoms with E-state index >= 15 is 0 Å². The van der Waals surface area contributed by atoms with Crippen LogP contribution in [0.5, 0.6) is 0 Å². The Morgan fingerprint density at radius 1 is 1.11 bits per heavy atom. The number of carbonyl (C=O) groups is 3. The lowest BCUT2D eigenvalue weighted by atomic mass is 9.79. The largest absolute Gasteiger partial charge is 0.299 e. The molecule has 0 spiro atoms. The summed E-state index contributed by atoms with van der Waals surface area (Å²) in [5, 5.41) is 0. The lowest BCUT2D eigenvalue weighted by Gasteiger charge is -2.25. The van der Waals surface area contributed by atoms with Crippen LogP contribution >= 0.6 is 0 Å². The summed E-state index contributed by atoms with van der Waals surface area (Å²) in [6.07, 6.45) is 6.59. The van der Waals surface area contributed by atoms with Gasteiger partial charge in [0.05, 0.1) is 5.92 Å². The minimum atomic E-state index is -0.245. The van der Waals surface area contributed by atoms with Gasteiger partial charge in [0, 0.05) is 17.4 Å². The van der Waals surface area contributed by atoms with Crippen LogP contribution < -0.4 is 0 Å². The highest BCUT2D eigenvalue weighted by Crippen LogP contribution is 2.40. The second-order valence-electron chi connectivity index (χ2n) is 9.37. The Hall–Kier alpha value is -2.03. The van der Waals surface area contributed by atoms with Crippen molar-refractivity contribution in [2.24, 2.45) is 5.92 Å². The molecule has 1 aromatic carbocycles. The topological polar surface area (TPSA) is 51.2 Å². The lowest BCUT2D eigenvalue weighted by molar-refractivity contribution is -0.129. The van der Waals surface area contributed by atoms with E-state index < -0.39 is 0 Å². The Morgan fingerprint density at radius 2 is 1.74 bits per heavy atom. The van der Waals surface area contributed by atoms with Crippen molar-refractivity contribution in [3.63, 3.8) is 0 Å². The van der Waals surface area contributed by atoms with Crippen LogP contribution in [0.15, 0.2) is 18.2 Å². The molecule has 1 saturated carbocycles. The molecular weight excluding hydrogens is 336 g/mol. The lowest BCUT2D eigenvalue weighted by Crippen LogP contribution is -2.18. The second kappa shape index (κ2) is 7.53. The molecule has 3 heteroatoms. The predicted octanol–water partition coefficient (Wildman–Crippen LogP) is 5.44. The van der Waals surface area contributed by atoms with E-state index in [1.165, 1.54) is 18.1 Å². The molecule has 27 heavy (non-hydrogen) atoms. The molecule has 1 aromatic rings. The SMILES string of the molecule is CC(=O)C1CCCC1=O.CC(=O)c1cc(C(C)(C)C)cc2c1C=CC2(C)C. The fourth-order valence-electron chi connectivity index (χ4n) is 3.72. The van der Waals surface area contributed by atoms with Crippen LogP contribution in [0.1, 0.15) is 94.8 Å². The van der Waals surface area contributed by atoms with Gasteiger partial charge in [0.1, 0.15) is 11.6 Å². The van der Waals surface area contributed by atoms with Crippen molar-refractivity contribution in [3.8, 4) is 0 Å². The van der Waals surface area contributed by atoms with Crippen molar-refractivity contribution in [2.45, 2.75) is 78.6 Å². The van der Waals surface area contributed by atoms with Crippen molar-refractivity contribution >= 4 is 23.4 Å². The molecule has 0 radical (unpaired) electrons. The first kappa shape index (κ1) is 21.3. The number of hydrogen-bond donors (Lipinski definition) is 0. The summed E-state index contributed by atoms with van der Waals surface area (Å²) in [6.45, 7) is 14.1. The first-order valence-corrected chi connectivity index (χ1v) is 9.77. The van der Waals surface area contributed by atoms with Gasteiger partial charge in [-0.3, -0.25) is 14.4 Å². The summed E-state index contributed by atoms with van der Waals surface area (Å²) in [4.78, 5) is 33.3. The molecule has 0 bridgehead atoms. The highest BCUT2D eigenvalue weighted by molar-refractivity contribution is 6.02. The molecule has 0 heterocycles. The van der Waals surface area contributed by atoms with Gasteiger partial charge in [0.2, 0.25) is 0 Å². The van der Waals surface area contributed by atoms with E-state index in [-0.39, 0.29) is 34.1 Å². The highest BCUT2D eigenvalue weighted by Gasteiger charge is 2.30. The van der Waals surface area contributed by atoms with E-state index in [2.05, 4.69) is 58.9 Å². The molecular formula is C24H32O3. The molecule has 1 unspecified atom stereocenters. The van der Waals surface area contributed by atoms with Crippen molar-refractivity contribution in [3.05, 3.63) is 40.5 Å². The Labute approximate surface area is 163 Å². The quantitative estimate of drug-likeness (QED) is 0.516. The summed E-state index contributed by atoms with van der Waals surface area (Å²) in [5.41, 5.74) is 4.58. The molecule has 2 aliphatic carbocycles. The third-order valence-corrected chi connectivity index (χ3v) is 5.58. The van der Waals surface area contributed by atoms with Crippen molar-refractivity contribution in [1.29, 1.82) is 0 Å². The second-order valence-corrected chi connectivity index (χ2v) is 9.37. The van der Waals surface area contributed by atoms with Gasteiger partial charge in [0.15, 0.2) is 5.78 Å². The summed E-state index contributed by atoms with van der Waals surface area (Å²) in [6, 6.07) is 4.33. The smallest absolute Gasteiger partial charge is 0.160 e. The number of hydrogen-bond acceptors (Lipinski definition) is 3. The number of fused-ring (bicyclic) bond motifs is 1. The normalized spacial score (nSPS) is 20.1. The van der Waals surface area contributed by atoms with Gasteiger partial charge in [-0.05, 0) is 54.9 Å². The summed E-state index contributed by atoms with van der Waals surface area (Å²) < 4.78 is 0. The predicted molar refractivity (Wildman–Crippen MR) is 110 cm³/mol. The van der Waals surface area contributed by atoms with Crippen LogP contribution in [0.4, 0.5) is 0 Å². The van der Waals surface area contributed by atoms with Crippen molar-refractivity contribution in [2.75, 3.05) is 0 Å². The van der Waals surface area contributed by atoms with Gasteiger partial charge in [-0.2, -0.15) is 0 Å². The zero-order valence-corrected chi connectivity index (χ0v) is 17.7. The Balaban J connectivity index is 0.000000244. The van der Waals surface area contributed by atoms with Crippen molar-refractivity contribution < 1.29 is 14.4 Å². The summed E-state index contributed by atoms with van der Waals surface area (Å²) in [5.74, 6) is 0.0877. The van der Waals surface area contributed by atoms with Gasteiger partial charge in [-0.15, -0.1) is 0 Å². The van der Waals surface area contributed by atoms with E-state index in [4.69, 9.17) is 0 Å². The summed E-state index contributed by atoms with van der Waals surface area (Å²) >= 11 is 0. The van der Waals surface area contributed by atoms with Crippen LogP contribution in [-0.4, -0.2) is 17.3 Å². The molecule has 0 N–H and O–H groups in total. The van der Waals surface area contributed by atoms with Crippen LogP contribution in [0.3, 0.4) is 0 Å². The van der Waals surface area contributed by atoms with E-state index in [1.807, 2.05) is 0 Å². The molecule has 1 fully saturated rings. The van der Waals surface area contributed by atoms with E-state index in [0.717, 1.165) is 24.0 Å². The number of rotatable bonds is 2. The Bertz CT molecular complexity index is 804. The number of carbonyl (C=O) groups excluding carboxylic acids is 3. The fourth-order valence-corrected chi connectivity index (χ4v) is 3.72. The first-order valence-electron chi connectivity index (χ1n) is 9.77. The highest BCUT2D eigenvalue weighted by atomic mass is 16.2. The fraction of sp³-hybridized carbons (Fsp3) is 0.542. The zero-order valence-electron chi connectivity index (χ0n) is 17.7. The first-order chi connectivity index (χ1) is 12.3. The molecule has 1 atom stereocenters. The monoisotopic (exact) mass is 368 g/mol. The number of allylic oxidation sites excluding steroid dienone is 1. The number of ketones is 3. The van der Waals surface area contributed by atoms with Gasteiger partial charge in [0.25, 0.3) is 0 Å². The Kier molecular flexibility index (Phi) is 5.94. The standard InChI is InChI=1S/C17H22O.C7H10O2/c1-11(18)14-9-12(16(2,3)4)10-15-13(14)7-8-17(15,5)6;1-5(8)6-3-2-4-7(6)9/h7-10H,1-6H3;6H,2-4H2,1H3. The molecule has 3 rings (SSSR count). The zero-order chi connectivity index (χ0) is 20.6. The summed E-state index contributed by atoms with van der Waals surface area (Å²) in [7, 11) is 0. The maximum Gasteiger partial charge on any atom is 0.160 e. The van der Waals surface area contributed by atoms with Gasteiger partial charge < -0.3 is 0 Å². The van der Waals surface area contributed by atoms with Crippen molar-refractivity contribution in [1.82, 2.24) is 0 Å². The van der Waals surface area contributed by atoms with Gasteiger partial charge >= 0.3 is 0 Å². The molecule has 2 aliphatic rings. The average Bonchev–Trinajstić information content (AvgIpc) is 3.10. The minimum Gasteiger partial charge on any atom is -0.299 e. The van der Waals surface area contributed by atoms with Crippen LogP contribution in [0.25, 0.3) is 6.08 Å². The van der Waals surface area contributed by atoms with E-state index in [1.54, 1.807) is 6.92 Å². The molecule has 0 aliphatic heterocycles. The van der Waals surface area contributed by atoms with Crippen LogP contribution in [0.2, 0.25) is 0 Å². The molecule has 3 nitrogen and oxygen atoms in total. The molecule has 0 aromatic heterocycles. The van der Waals surface area contributed by atoms with E-state index in [0.29, 0.717) is 6.42 Å². The maximum atomic E-state index is 11.9. The third-order valence-electron chi connectivity index (χ3n) is 5.58. The Morgan fingerprint density at radius 3 is 2.15 bits per heavy atom. The van der Waals surface area contributed by atoms with Gasteiger partial charge in [-0.25, -0.2) is 0 Å². The molecule has 146 valence electrons. The minimum absolute atomic E-state index is 0.0286. The molecule has 0 saturated heterocycles. The van der Waals surface area contributed by atoms with Gasteiger partial charge in [-0.1, -0.05) is 52.8 Å². The molecule has 0 amide bonds. The van der Waals surface area contributed by atoms with Crippen LogP contribution in [-0.2, 0) is 20.4 Å². The van der Waals surface area contributed by atoms with Crippen LogP contribution in [0, 0.1) is 5.92 Å². The van der Waals surface area contributed by atoms with E-state index in [9.17, 15) is 14.4 Å².